The van der Waals surface area contributed by atoms with E-state index >= 15 is 0 Å². The van der Waals surface area contributed by atoms with Gasteiger partial charge in [-0.15, -0.1) is 0 Å². The number of nitrogens with one attached hydrogen (secondary N) is 4. The van der Waals surface area contributed by atoms with Gasteiger partial charge in [0.15, 0.2) is 0 Å². The van der Waals surface area contributed by atoms with Gasteiger partial charge in [-0.25, -0.2) is 0 Å². The summed E-state index contributed by atoms with van der Waals surface area (Å²) < 4.78 is 72.0. The number of aliphatic hydroxyl groups is 1. The monoisotopic (exact) mass is 704 g/mol. The minimum atomic E-state index is -5.04. The zero-order valence-electron chi connectivity index (χ0n) is 25.9. The Balaban J connectivity index is 1.85. The highest BCUT2D eigenvalue weighted by molar-refractivity contribution is 6.30. The summed E-state index contributed by atoms with van der Waals surface area (Å²) in [6.45, 7) is -0.564. The molecule has 262 valence electrons. The van der Waals surface area contributed by atoms with Gasteiger partial charge in [0.1, 0.15) is 24.4 Å². The van der Waals surface area contributed by atoms with E-state index in [0.29, 0.717) is 29.2 Å². The Labute approximate surface area is 276 Å². The molecule has 2 unspecified atom stereocenters. The fraction of sp³-hybridized carbons (Fsp3) is 0.452. The molecule has 1 aliphatic carbocycles. The van der Waals surface area contributed by atoms with E-state index in [0.717, 1.165) is 5.32 Å². The van der Waals surface area contributed by atoms with E-state index in [4.69, 9.17) is 16.3 Å². The Morgan fingerprint density at radius 2 is 1.56 bits per heavy atom. The molecule has 48 heavy (non-hydrogen) atoms. The highest BCUT2D eigenvalue weighted by atomic mass is 35.5. The number of hydrogen-bond acceptors (Lipinski definition) is 7. The number of methoxy groups -OCH3 is 1. The molecule has 2 aromatic carbocycles. The highest BCUT2D eigenvalue weighted by Gasteiger charge is 2.53. The molecule has 3 atom stereocenters. The lowest BCUT2D eigenvalue weighted by molar-refractivity contribution is -0.165. The van der Waals surface area contributed by atoms with Crippen molar-refractivity contribution in [2.75, 3.05) is 20.3 Å². The fourth-order valence-electron chi connectivity index (χ4n) is 4.76. The van der Waals surface area contributed by atoms with Crippen molar-refractivity contribution < 1.29 is 55.8 Å². The van der Waals surface area contributed by atoms with Crippen LogP contribution in [-0.4, -0.2) is 79.0 Å². The first-order valence-electron chi connectivity index (χ1n) is 14.6. The van der Waals surface area contributed by atoms with E-state index in [1.807, 2.05) is 0 Å². The molecule has 0 aromatic heterocycles. The van der Waals surface area contributed by atoms with Gasteiger partial charge in [0.2, 0.25) is 23.5 Å². The lowest BCUT2D eigenvalue weighted by Gasteiger charge is -2.28. The van der Waals surface area contributed by atoms with Crippen molar-refractivity contribution in [1.29, 1.82) is 0 Å². The molecule has 0 saturated heterocycles. The van der Waals surface area contributed by atoms with Gasteiger partial charge in [0, 0.05) is 5.02 Å². The molecular weight excluding hydrogens is 671 g/mol. The maximum atomic E-state index is 14.7. The number of aliphatic hydroxyl groups excluding tert-OH is 1. The van der Waals surface area contributed by atoms with Crippen LogP contribution in [0.1, 0.15) is 43.9 Å². The van der Waals surface area contributed by atoms with Crippen LogP contribution in [0.15, 0.2) is 48.5 Å². The van der Waals surface area contributed by atoms with E-state index < -0.39 is 84.1 Å². The van der Waals surface area contributed by atoms with Crippen molar-refractivity contribution in [3.63, 3.8) is 0 Å². The number of amides is 4. The Hall–Kier alpha value is -4.31. The number of carbonyl (C=O) groups excluding carboxylic acids is 5. The van der Waals surface area contributed by atoms with Gasteiger partial charge in [-0.1, -0.05) is 49.7 Å². The van der Waals surface area contributed by atoms with Crippen LogP contribution in [-0.2, 0) is 29.4 Å². The normalized spacial score (nSPS) is 15.8. The first-order valence-corrected chi connectivity index (χ1v) is 14.9. The number of ketones is 1. The van der Waals surface area contributed by atoms with Crippen LogP contribution in [0, 0.1) is 5.92 Å². The first-order chi connectivity index (χ1) is 22.4. The molecule has 1 fully saturated rings. The predicted octanol–water partition coefficient (Wildman–Crippen LogP) is 2.74. The molecule has 0 aliphatic heterocycles. The topological polar surface area (TPSA) is 163 Å². The standard InChI is InChI=1S/C31H34ClF5N4O7/c1-16(2)22(24(43)31(36,37)28(47)38-15-30(33,34)35)40-26(45)23(17-7-9-20(48-3)10-8-17)41-25(44)21(14-42)39-27(46)29(11-12-29)18-5-4-6-19(32)13-18/h4-10,13,16,21-23,42H,11-12,14-15H2,1-3H3,(H,38,47)(H,39,46)(H,40,45)(H,41,44)/t21?,22-,23?/m0/s1. The number of carbonyl (C=O) groups is 5. The van der Waals surface area contributed by atoms with Gasteiger partial charge in [0.25, 0.3) is 5.91 Å². The maximum absolute atomic E-state index is 14.7. The van der Waals surface area contributed by atoms with E-state index in [2.05, 4.69) is 16.0 Å². The van der Waals surface area contributed by atoms with Crippen LogP contribution in [0.3, 0.4) is 0 Å². The maximum Gasteiger partial charge on any atom is 0.405 e. The second kappa shape index (κ2) is 15.3. The van der Waals surface area contributed by atoms with Crippen LogP contribution in [0.5, 0.6) is 5.75 Å². The summed E-state index contributed by atoms with van der Waals surface area (Å²) >= 11 is 6.07. The third-order valence-corrected chi connectivity index (χ3v) is 7.89. The summed E-state index contributed by atoms with van der Waals surface area (Å²) in [4.78, 5) is 64.9. The van der Waals surface area contributed by atoms with Crippen LogP contribution in [0.25, 0.3) is 0 Å². The summed E-state index contributed by atoms with van der Waals surface area (Å²) in [6.07, 6.45) is -4.18. The van der Waals surface area contributed by atoms with E-state index in [9.17, 15) is 51.0 Å². The molecule has 5 N–H and O–H groups in total. The summed E-state index contributed by atoms with van der Waals surface area (Å²) in [7, 11) is 1.36. The van der Waals surface area contributed by atoms with Crippen LogP contribution >= 0.6 is 11.6 Å². The minimum Gasteiger partial charge on any atom is -0.497 e. The molecule has 3 rings (SSSR count). The van der Waals surface area contributed by atoms with Gasteiger partial charge >= 0.3 is 12.1 Å². The van der Waals surface area contributed by atoms with Gasteiger partial charge in [-0.05, 0) is 54.2 Å². The molecule has 17 heteroatoms. The Morgan fingerprint density at radius 1 is 0.938 bits per heavy atom. The van der Waals surface area contributed by atoms with Crippen molar-refractivity contribution in [1.82, 2.24) is 21.3 Å². The third kappa shape index (κ3) is 9.18. The second-order valence-electron chi connectivity index (χ2n) is 11.5. The molecule has 4 amide bonds. The Morgan fingerprint density at radius 3 is 2.06 bits per heavy atom. The number of benzene rings is 2. The van der Waals surface area contributed by atoms with E-state index in [1.165, 1.54) is 45.2 Å². The number of halogens is 6. The Bertz CT molecular complexity index is 1520. The van der Waals surface area contributed by atoms with Crippen LogP contribution in [0.4, 0.5) is 22.0 Å². The number of ether oxygens (including phenoxy) is 1. The lowest BCUT2D eigenvalue weighted by Crippen LogP contribution is -2.59. The van der Waals surface area contributed by atoms with E-state index in [1.54, 1.807) is 24.3 Å². The molecule has 0 spiro atoms. The van der Waals surface area contributed by atoms with Crippen molar-refractivity contribution in [3.05, 3.63) is 64.7 Å². The molecule has 1 saturated carbocycles. The minimum absolute atomic E-state index is 0.0480. The number of alkyl halides is 5. The predicted molar refractivity (Wildman–Crippen MR) is 161 cm³/mol. The molecule has 0 radical (unpaired) electrons. The number of rotatable bonds is 15. The van der Waals surface area contributed by atoms with Crippen molar-refractivity contribution >= 4 is 41.0 Å². The number of Topliss-reactive ketones (excluding diaryl/α,β-unsaturated/α-hetero) is 1. The average Bonchev–Trinajstić information content (AvgIpc) is 3.85. The van der Waals surface area contributed by atoms with E-state index in [-0.39, 0.29) is 5.56 Å². The molecule has 11 nitrogen and oxygen atoms in total. The van der Waals surface area contributed by atoms with Gasteiger partial charge < -0.3 is 31.1 Å². The third-order valence-electron chi connectivity index (χ3n) is 7.66. The fourth-order valence-corrected chi connectivity index (χ4v) is 4.95. The molecule has 0 heterocycles. The van der Waals surface area contributed by atoms with Gasteiger partial charge in [0.05, 0.1) is 25.2 Å². The zero-order chi connectivity index (χ0) is 36.0. The Kier molecular flexibility index (Phi) is 12.1. The summed E-state index contributed by atoms with van der Waals surface area (Å²) in [5.74, 6) is -13.3. The zero-order valence-corrected chi connectivity index (χ0v) is 26.7. The SMILES string of the molecule is COc1ccc(C(NC(=O)C(CO)NC(=O)C2(c3cccc(Cl)c3)CC2)C(=O)N[C@H](C(=O)C(F)(F)C(=O)NCC(F)(F)F)C(C)C)cc1. The number of hydrogen-bond donors (Lipinski definition) is 5. The summed E-state index contributed by atoms with van der Waals surface area (Å²) in [6, 6.07) is 6.60. The quantitative estimate of drug-likeness (QED) is 0.141. The largest absolute Gasteiger partial charge is 0.497 e. The van der Waals surface area contributed by atoms with Crippen molar-refractivity contribution in [2.24, 2.45) is 5.92 Å². The van der Waals surface area contributed by atoms with Gasteiger partial charge in [-0.3, -0.25) is 24.0 Å². The lowest BCUT2D eigenvalue weighted by atomic mass is 9.94. The van der Waals surface area contributed by atoms with Crippen LogP contribution in [0.2, 0.25) is 5.02 Å². The molecule has 0 bridgehead atoms. The molecule has 2 aromatic rings. The molecular formula is C31H34ClF5N4O7. The smallest absolute Gasteiger partial charge is 0.405 e. The van der Waals surface area contributed by atoms with Gasteiger partial charge in [-0.2, -0.15) is 22.0 Å². The summed E-state index contributed by atoms with van der Waals surface area (Å²) in [5.41, 5.74) is -0.367. The van der Waals surface area contributed by atoms with Crippen molar-refractivity contribution in [3.8, 4) is 5.75 Å². The molecule has 1 aliphatic rings. The summed E-state index contributed by atoms with van der Waals surface area (Å²) in [5, 5.41) is 18.2. The highest BCUT2D eigenvalue weighted by Crippen LogP contribution is 2.49. The second-order valence-corrected chi connectivity index (χ2v) is 11.9. The van der Waals surface area contributed by atoms with Crippen molar-refractivity contribution in [2.45, 2.75) is 62.3 Å². The average molecular weight is 705 g/mol. The van der Waals surface area contributed by atoms with Crippen LogP contribution < -0.4 is 26.0 Å². The first kappa shape index (κ1) is 38.1.